The van der Waals surface area contributed by atoms with E-state index in [1.165, 1.54) is 23.7 Å². The molecule has 6 nitrogen and oxygen atoms in total. The van der Waals surface area contributed by atoms with Gasteiger partial charge in [-0.05, 0) is 5.56 Å². The lowest BCUT2D eigenvalue weighted by Gasteiger charge is -2.06. The Morgan fingerprint density at radius 2 is 2.13 bits per heavy atom. The van der Waals surface area contributed by atoms with Crippen LogP contribution in [0, 0.1) is 5.21 Å². The lowest BCUT2D eigenvalue weighted by molar-refractivity contribution is -0.603. The molecule has 0 atom stereocenters. The lowest BCUT2D eigenvalue weighted by atomic mass is 10.2. The molecule has 0 aliphatic heterocycles. The third-order valence-electron chi connectivity index (χ3n) is 3.17. The number of nitrogens with zero attached hydrogens (tertiary/aromatic N) is 2. The van der Waals surface area contributed by atoms with Gasteiger partial charge in [0, 0.05) is 19.0 Å². The summed E-state index contributed by atoms with van der Waals surface area (Å²) in [5.41, 5.74) is 1.74. The summed E-state index contributed by atoms with van der Waals surface area (Å²) in [5, 5.41) is 14.8. The van der Waals surface area contributed by atoms with E-state index in [-0.39, 0.29) is 6.61 Å². The minimum absolute atomic E-state index is 0.247. The number of amides is 1. The van der Waals surface area contributed by atoms with Crippen molar-refractivity contribution in [3.05, 3.63) is 64.6 Å². The highest BCUT2D eigenvalue weighted by Crippen LogP contribution is 2.20. The number of thiazole rings is 1. The van der Waals surface area contributed by atoms with Gasteiger partial charge in [-0.2, -0.15) is 4.73 Å². The molecule has 3 aromatic rings. The topological polar surface area (TPSA) is 78.2 Å². The molecule has 1 N–H and O–H groups in total. The Labute approximate surface area is 136 Å². The summed E-state index contributed by atoms with van der Waals surface area (Å²) in [5.74, 6) is 0. The van der Waals surface area contributed by atoms with E-state index < -0.39 is 6.09 Å². The second-order valence-corrected chi connectivity index (χ2v) is 6.02. The van der Waals surface area contributed by atoms with Crippen LogP contribution in [-0.4, -0.2) is 17.6 Å². The smallest absolute Gasteiger partial charge is 0.407 e. The van der Waals surface area contributed by atoms with Gasteiger partial charge in [-0.3, -0.25) is 0 Å². The summed E-state index contributed by atoms with van der Waals surface area (Å²) in [6, 6.07) is 11.2. The molecule has 0 unspecified atom stereocenters. The van der Waals surface area contributed by atoms with E-state index in [1.54, 1.807) is 6.07 Å². The zero-order valence-electron chi connectivity index (χ0n) is 12.3. The fourth-order valence-electron chi connectivity index (χ4n) is 2.06. The van der Waals surface area contributed by atoms with Crippen LogP contribution in [0.2, 0.25) is 0 Å². The standard InChI is InChI=1S/C16H15N3O3S/c20-16(22-11-12-4-2-1-3-5-12)17-8-6-15-18-13-7-9-19(21)10-14(13)23-15/h1-5,7,9-10H,6,8,11H2,(H,17,20). The number of carbonyl (C=O) groups excluding carboxylic acids is 1. The van der Waals surface area contributed by atoms with Crippen molar-refractivity contribution < 1.29 is 14.3 Å². The summed E-state index contributed by atoms with van der Waals surface area (Å²) in [4.78, 5) is 16.0. The molecule has 0 aliphatic carbocycles. The number of benzene rings is 1. The van der Waals surface area contributed by atoms with Gasteiger partial charge in [0.05, 0.1) is 10.5 Å². The minimum Gasteiger partial charge on any atom is -0.619 e. The molecule has 0 saturated heterocycles. The van der Waals surface area contributed by atoms with Crippen molar-refractivity contribution in [1.82, 2.24) is 10.3 Å². The summed E-state index contributed by atoms with van der Waals surface area (Å²) in [6.45, 7) is 0.683. The highest BCUT2D eigenvalue weighted by molar-refractivity contribution is 7.18. The SMILES string of the molecule is O=C(NCCc1nc2cc[n+]([O-])cc2s1)OCc1ccccc1. The van der Waals surface area contributed by atoms with E-state index in [1.807, 2.05) is 30.3 Å². The third kappa shape index (κ3) is 4.17. The van der Waals surface area contributed by atoms with Crippen LogP contribution < -0.4 is 10.0 Å². The first-order chi connectivity index (χ1) is 11.2. The van der Waals surface area contributed by atoms with Crippen LogP contribution in [0.1, 0.15) is 10.6 Å². The minimum atomic E-state index is -0.452. The molecule has 0 bridgehead atoms. The molecule has 118 valence electrons. The van der Waals surface area contributed by atoms with Crippen LogP contribution in [0.5, 0.6) is 0 Å². The second kappa shape index (κ2) is 7.06. The quantitative estimate of drug-likeness (QED) is 0.576. The number of fused-ring (bicyclic) bond motifs is 1. The van der Waals surface area contributed by atoms with Crippen molar-refractivity contribution in [3.8, 4) is 0 Å². The molecular formula is C16H15N3O3S. The van der Waals surface area contributed by atoms with Crippen LogP contribution in [0.25, 0.3) is 10.2 Å². The van der Waals surface area contributed by atoms with E-state index in [9.17, 15) is 10.0 Å². The van der Waals surface area contributed by atoms with Crippen molar-refractivity contribution >= 4 is 27.6 Å². The fraction of sp³-hybridized carbons (Fsp3) is 0.188. The Balaban J connectivity index is 1.45. The van der Waals surface area contributed by atoms with Crippen molar-refractivity contribution in [2.24, 2.45) is 0 Å². The Kier molecular flexibility index (Phi) is 4.68. The zero-order valence-corrected chi connectivity index (χ0v) is 13.1. The first kappa shape index (κ1) is 15.2. The maximum absolute atomic E-state index is 11.6. The molecule has 0 aliphatic rings. The van der Waals surface area contributed by atoms with Crippen molar-refractivity contribution in [1.29, 1.82) is 0 Å². The van der Waals surface area contributed by atoms with Gasteiger partial charge in [0.2, 0.25) is 0 Å². The van der Waals surface area contributed by atoms with Crippen LogP contribution >= 0.6 is 11.3 Å². The normalized spacial score (nSPS) is 10.6. The van der Waals surface area contributed by atoms with Gasteiger partial charge in [-0.15, -0.1) is 11.3 Å². The molecule has 1 aromatic carbocycles. The van der Waals surface area contributed by atoms with Crippen molar-refractivity contribution in [2.75, 3.05) is 6.54 Å². The Bertz CT molecular complexity index is 805. The molecule has 0 radical (unpaired) electrons. The summed E-state index contributed by atoms with van der Waals surface area (Å²) >= 11 is 1.45. The number of ether oxygens (including phenoxy) is 1. The predicted molar refractivity (Wildman–Crippen MR) is 86.9 cm³/mol. The van der Waals surface area contributed by atoms with E-state index in [0.29, 0.717) is 13.0 Å². The molecule has 23 heavy (non-hydrogen) atoms. The summed E-state index contributed by atoms with van der Waals surface area (Å²) in [6.07, 6.45) is 3.06. The molecular weight excluding hydrogens is 314 g/mol. The van der Waals surface area contributed by atoms with Gasteiger partial charge in [0.15, 0.2) is 12.4 Å². The Morgan fingerprint density at radius 3 is 2.96 bits per heavy atom. The number of hydrogen-bond acceptors (Lipinski definition) is 5. The van der Waals surface area contributed by atoms with Gasteiger partial charge < -0.3 is 15.3 Å². The number of aromatic nitrogens is 2. The van der Waals surface area contributed by atoms with Crippen LogP contribution in [-0.2, 0) is 17.8 Å². The Hall–Kier alpha value is -2.67. The zero-order chi connectivity index (χ0) is 16.1. The number of carbonyl (C=O) groups is 1. The maximum atomic E-state index is 11.6. The Morgan fingerprint density at radius 1 is 1.30 bits per heavy atom. The predicted octanol–water partition coefficient (Wildman–Crippen LogP) is 2.40. The maximum Gasteiger partial charge on any atom is 0.407 e. The second-order valence-electron chi connectivity index (χ2n) is 4.90. The van der Waals surface area contributed by atoms with E-state index >= 15 is 0 Å². The number of pyridine rings is 1. The van der Waals surface area contributed by atoms with Gasteiger partial charge in [0.25, 0.3) is 0 Å². The lowest BCUT2D eigenvalue weighted by Crippen LogP contribution is -2.26. The molecule has 2 heterocycles. The molecule has 0 fully saturated rings. The van der Waals surface area contributed by atoms with Gasteiger partial charge in [-0.25, -0.2) is 9.78 Å². The number of hydrogen-bond donors (Lipinski definition) is 1. The van der Waals surface area contributed by atoms with E-state index in [0.717, 1.165) is 25.5 Å². The van der Waals surface area contributed by atoms with Gasteiger partial charge in [-0.1, -0.05) is 30.3 Å². The van der Waals surface area contributed by atoms with Crippen LogP contribution in [0.3, 0.4) is 0 Å². The average Bonchev–Trinajstić information content (AvgIpc) is 2.95. The molecule has 1 amide bonds. The van der Waals surface area contributed by atoms with Crippen molar-refractivity contribution in [2.45, 2.75) is 13.0 Å². The van der Waals surface area contributed by atoms with Crippen molar-refractivity contribution in [3.63, 3.8) is 0 Å². The molecule has 7 heteroatoms. The highest BCUT2D eigenvalue weighted by atomic mass is 32.1. The highest BCUT2D eigenvalue weighted by Gasteiger charge is 2.08. The molecule has 2 aromatic heterocycles. The summed E-state index contributed by atoms with van der Waals surface area (Å²) in [7, 11) is 0. The average molecular weight is 329 g/mol. The van der Waals surface area contributed by atoms with E-state index in [2.05, 4.69) is 10.3 Å². The number of rotatable bonds is 5. The van der Waals surface area contributed by atoms with Gasteiger partial charge >= 0.3 is 6.09 Å². The molecule has 0 spiro atoms. The first-order valence-corrected chi connectivity index (χ1v) is 7.95. The summed E-state index contributed by atoms with van der Waals surface area (Å²) < 4.78 is 6.72. The number of nitrogens with one attached hydrogen (secondary N) is 1. The number of alkyl carbamates (subject to hydrolysis) is 1. The third-order valence-corrected chi connectivity index (χ3v) is 4.24. The van der Waals surface area contributed by atoms with E-state index in [4.69, 9.17) is 4.74 Å². The molecule has 0 saturated carbocycles. The van der Waals surface area contributed by atoms with Crippen LogP contribution in [0.4, 0.5) is 4.79 Å². The van der Waals surface area contributed by atoms with Crippen LogP contribution in [0.15, 0.2) is 48.8 Å². The largest absolute Gasteiger partial charge is 0.619 e. The monoisotopic (exact) mass is 329 g/mol. The first-order valence-electron chi connectivity index (χ1n) is 7.13. The van der Waals surface area contributed by atoms with Gasteiger partial charge in [0.1, 0.15) is 11.3 Å². The molecule has 3 rings (SSSR count). The fourth-order valence-corrected chi connectivity index (χ4v) is 3.04.